The highest BCUT2D eigenvalue weighted by molar-refractivity contribution is 14.1. The van der Waals surface area contributed by atoms with Gasteiger partial charge in [-0.3, -0.25) is 14.9 Å². The summed E-state index contributed by atoms with van der Waals surface area (Å²) < 4.78 is 12.3. The number of nitro groups is 1. The molecule has 0 unspecified atom stereocenters. The summed E-state index contributed by atoms with van der Waals surface area (Å²) in [4.78, 5) is 23.4. The number of hydrogen-bond acceptors (Lipinski definition) is 6. The number of ether oxygens (including phenoxy) is 1. The number of carbonyl (C=O) groups excluding carboxylic acids is 1. The Morgan fingerprint density at radius 3 is 2.44 bits per heavy atom. The molecule has 0 aliphatic heterocycles. The van der Waals surface area contributed by atoms with Crippen molar-refractivity contribution in [2.45, 2.75) is 46.5 Å². The normalized spacial score (nSPS) is 12.1. The quantitative estimate of drug-likeness (QED) is 0.127. The molecule has 190 valence electrons. The van der Waals surface area contributed by atoms with Gasteiger partial charge in [0.25, 0.3) is 5.91 Å². The van der Waals surface area contributed by atoms with Gasteiger partial charge in [0.1, 0.15) is 11.5 Å². The molecule has 3 aromatic rings. The maximum atomic E-state index is 12.2. The molecule has 36 heavy (non-hydrogen) atoms. The molecule has 8 nitrogen and oxygen atoms in total. The van der Waals surface area contributed by atoms with Crippen molar-refractivity contribution in [3.63, 3.8) is 0 Å². The molecule has 0 aliphatic carbocycles. The molecule has 0 spiro atoms. The standard InChI is InChI=1S/C27H30IN3O5/c1-26(2,3)17-27(4,5)19-8-12-24(22(14-19)31(33)34)35-16-25(32)30-29-15-21-11-13-23(36-21)18-6-9-20(28)10-7-18/h6-15H,16-17H2,1-5H3,(H,30,32)/b29-15+. The van der Waals surface area contributed by atoms with Crippen LogP contribution in [-0.2, 0) is 10.2 Å². The second-order valence-corrected chi connectivity index (χ2v) is 11.6. The van der Waals surface area contributed by atoms with Crippen LogP contribution < -0.4 is 10.2 Å². The van der Waals surface area contributed by atoms with Crippen LogP contribution in [0.4, 0.5) is 5.69 Å². The first-order valence-corrected chi connectivity index (χ1v) is 12.5. The average molecular weight is 603 g/mol. The minimum absolute atomic E-state index is 0.0302. The first kappa shape index (κ1) is 27.4. The Balaban J connectivity index is 1.60. The van der Waals surface area contributed by atoms with Gasteiger partial charge >= 0.3 is 5.69 Å². The van der Waals surface area contributed by atoms with Crippen LogP contribution >= 0.6 is 22.6 Å². The third-order valence-electron chi connectivity index (χ3n) is 5.40. The Labute approximate surface area is 224 Å². The summed E-state index contributed by atoms with van der Waals surface area (Å²) in [7, 11) is 0. The minimum Gasteiger partial charge on any atom is -0.477 e. The summed E-state index contributed by atoms with van der Waals surface area (Å²) in [5.41, 5.74) is 3.73. The van der Waals surface area contributed by atoms with Gasteiger partial charge in [-0.05, 0) is 75.7 Å². The van der Waals surface area contributed by atoms with E-state index in [0.717, 1.165) is 21.1 Å². The molecule has 1 amide bonds. The number of hydrogen-bond donors (Lipinski definition) is 1. The Morgan fingerprint density at radius 1 is 1.11 bits per heavy atom. The summed E-state index contributed by atoms with van der Waals surface area (Å²) in [5, 5.41) is 15.6. The second kappa shape index (κ2) is 11.2. The van der Waals surface area contributed by atoms with E-state index in [1.54, 1.807) is 12.1 Å². The van der Waals surface area contributed by atoms with Gasteiger partial charge in [-0.1, -0.05) is 52.8 Å². The number of halogens is 1. The lowest BCUT2D eigenvalue weighted by Crippen LogP contribution is -2.26. The molecule has 0 aliphatic rings. The summed E-state index contributed by atoms with van der Waals surface area (Å²) in [6, 6.07) is 16.3. The Hall–Kier alpha value is -3.21. The number of nitrogens with zero attached hydrogens (tertiary/aromatic N) is 2. The zero-order valence-electron chi connectivity index (χ0n) is 21.0. The summed E-state index contributed by atoms with van der Waals surface area (Å²) >= 11 is 2.23. The van der Waals surface area contributed by atoms with Crippen LogP contribution in [0.15, 0.2) is 64.1 Å². The van der Waals surface area contributed by atoms with Crippen LogP contribution in [0.3, 0.4) is 0 Å². The Bertz CT molecular complexity index is 1260. The third kappa shape index (κ3) is 7.64. The molecule has 0 atom stereocenters. The van der Waals surface area contributed by atoms with Crippen LogP contribution in [0.2, 0.25) is 0 Å². The fourth-order valence-corrected chi connectivity index (χ4v) is 4.53. The van der Waals surface area contributed by atoms with E-state index in [2.05, 4.69) is 67.7 Å². The van der Waals surface area contributed by atoms with Gasteiger partial charge in [0, 0.05) is 15.2 Å². The molecule has 1 N–H and O–H groups in total. The highest BCUT2D eigenvalue weighted by Crippen LogP contribution is 2.39. The van der Waals surface area contributed by atoms with Crippen molar-refractivity contribution in [1.82, 2.24) is 5.43 Å². The average Bonchev–Trinajstić information content (AvgIpc) is 3.25. The number of rotatable bonds is 9. The maximum absolute atomic E-state index is 12.2. The van der Waals surface area contributed by atoms with E-state index in [1.165, 1.54) is 12.3 Å². The van der Waals surface area contributed by atoms with E-state index in [1.807, 2.05) is 36.4 Å². The molecule has 0 saturated carbocycles. The highest BCUT2D eigenvalue weighted by Gasteiger charge is 2.29. The predicted molar refractivity (Wildman–Crippen MR) is 148 cm³/mol. The van der Waals surface area contributed by atoms with Gasteiger partial charge in [0.05, 0.1) is 11.1 Å². The van der Waals surface area contributed by atoms with Gasteiger partial charge in [0.15, 0.2) is 12.4 Å². The SMILES string of the molecule is CC(C)(C)CC(C)(C)c1ccc(OCC(=O)N/N=C/c2ccc(-c3ccc(I)cc3)o2)c([N+](=O)[O-])c1. The Morgan fingerprint density at radius 2 is 1.81 bits per heavy atom. The first-order valence-electron chi connectivity index (χ1n) is 11.4. The zero-order chi connectivity index (χ0) is 26.5. The smallest absolute Gasteiger partial charge is 0.311 e. The second-order valence-electron chi connectivity index (χ2n) is 10.4. The van der Waals surface area contributed by atoms with E-state index < -0.39 is 17.4 Å². The lowest BCUT2D eigenvalue weighted by molar-refractivity contribution is -0.385. The van der Waals surface area contributed by atoms with Crippen molar-refractivity contribution in [2.75, 3.05) is 6.61 Å². The predicted octanol–water partition coefficient (Wildman–Crippen LogP) is 6.70. The Kier molecular flexibility index (Phi) is 8.55. The number of amides is 1. The summed E-state index contributed by atoms with van der Waals surface area (Å²) in [6.45, 7) is 10.1. The first-order chi connectivity index (χ1) is 16.8. The monoisotopic (exact) mass is 603 g/mol. The molecular weight excluding hydrogens is 573 g/mol. The van der Waals surface area contributed by atoms with E-state index in [9.17, 15) is 14.9 Å². The lowest BCUT2D eigenvalue weighted by Gasteiger charge is -2.33. The summed E-state index contributed by atoms with van der Waals surface area (Å²) in [5.74, 6) is 0.627. The van der Waals surface area contributed by atoms with Crippen LogP contribution in [0.5, 0.6) is 5.75 Å². The number of benzene rings is 2. The van der Waals surface area contributed by atoms with Crippen LogP contribution in [0, 0.1) is 19.1 Å². The van der Waals surface area contributed by atoms with Crippen molar-refractivity contribution >= 4 is 40.4 Å². The van der Waals surface area contributed by atoms with Crippen molar-refractivity contribution in [3.05, 3.63) is 79.6 Å². The fraction of sp³-hybridized carbons (Fsp3) is 0.333. The molecule has 1 heterocycles. The largest absolute Gasteiger partial charge is 0.477 e. The highest BCUT2D eigenvalue weighted by atomic mass is 127. The number of furan rings is 1. The van der Waals surface area contributed by atoms with Gasteiger partial charge in [-0.25, -0.2) is 5.43 Å². The fourth-order valence-electron chi connectivity index (χ4n) is 4.17. The third-order valence-corrected chi connectivity index (χ3v) is 6.12. The maximum Gasteiger partial charge on any atom is 0.311 e. The van der Waals surface area contributed by atoms with Gasteiger partial charge in [-0.2, -0.15) is 5.10 Å². The molecular formula is C27H30IN3O5. The van der Waals surface area contributed by atoms with Crippen LogP contribution in [-0.4, -0.2) is 23.7 Å². The van der Waals surface area contributed by atoms with Crippen molar-refractivity contribution in [1.29, 1.82) is 0 Å². The minimum atomic E-state index is -0.554. The number of carbonyl (C=O) groups is 1. The van der Waals surface area contributed by atoms with Crippen molar-refractivity contribution < 1.29 is 18.9 Å². The van der Waals surface area contributed by atoms with Crippen LogP contribution in [0.25, 0.3) is 11.3 Å². The molecule has 9 heteroatoms. The van der Waals surface area contributed by atoms with E-state index in [0.29, 0.717) is 11.5 Å². The molecule has 2 aromatic carbocycles. The van der Waals surface area contributed by atoms with E-state index in [-0.39, 0.29) is 22.3 Å². The molecule has 0 saturated heterocycles. The van der Waals surface area contributed by atoms with E-state index >= 15 is 0 Å². The zero-order valence-corrected chi connectivity index (χ0v) is 23.2. The van der Waals surface area contributed by atoms with Crippen LogP contribution in [0.1, 0.15) is 52.4 Å². The number of nitrogens with one attached hydrogen (secondary N) is 1. The van der Waals surface area contributed by atoms with E-state index in [4.69, 9.17) is 9.15 Å². The molecule has 3 rings (SSSR count). The lowest BCUT2D eigenvalue weighted by atomic mass is 9.72. The van der Waals surface area contributed by atoms with Crippen molar-refractivity contribution in [3.8, 4) is 17.1 Å². The van der Waals surface area contributed by atoms with Gasteiger partial charge < -0.3 is 9.15 Å². The van der Waals surface area contributed by atoms with Crippen molar-refractivity contribution in [2.24, 2.45) is 10.5 Å². The topological polar surface area (TPSA) is 107 Å². The summed E-state index contributed by atoms with van der Waals surface area (Å²) in [6.07, 6.45) is 2.22. The molecule has 0 radical (unpaired) electrons. The molecule has 0 fully saturated rings. The molecule has 1 aromatic heterocycles. The number of nitro benzene ring substituents is 1. The van der Waals surface area contributed by atoms with Gasteiger partial charge in [-0.15, -0.1) is 0 Å². The number of hydrazone groups is 1. The van der Waals surface area contributed by atoms with Gasteiger partial charge in [0.2, 0.25) is 0 Å². The molecule has 0 bridgehead atoms.